The van der Waals surface area contributed by atoms with Crippen molar-refractivity contribution in [3.63, 3.8) is 0 Å². The van der Waals surface area contributed by atoms with Crippen LogP contribution in [0, 0.1) is 31.1 Å². The molecule has 2 rings (SSSR count). The molecule has 0 N–H and O–H groups in total. The lowest BCUT2D eigenvalue weighted by molar-refractivity contribution is -0.123. The van der Waals surface area contributed by atoms with Crippen LogP contribution in [0.3, 0.4) is 0 Å². The van der Waals surface area contributed by atoms with Gasteiger partial charge in [0, 0.05) is 5.92 Å². The van der Waals surface area contributed by atoms with Crippen molar-refractivity contribution in [3.05, 3.63) is 34.9 Å². The van der Waals surface area contributed by atoms with Crippen LogP contribution in [0.5, 0.6) is 0 Å². The van der Waals surface area contributed by atoms with E-state index in [1.807, 2.05) is 32.0 Å². The Balaban J connectivity index is 2.25. The van der Waals surface area contributed by atoms with Crippen molar-refractivity contribution in [1.82, 2.24) is 0 Å². The zero-order chi connectivity index (χ0) is 13.1. The Kier molecular flexibility index (Phi) is 3.81. The zero-order valence-corrected chi connectivity index (χ0v) is 11.1. The minimum absolute atomic E-state index is 0.108. The second-order valence-electron chi connectivity index (χ2n) is 5.29. The molecule has 18 heavy (non-hydrogen) atoms. The molecule has 0 aromatic heterocycles. The highest BCUT2D eigenvalue weighted by Gasteiger charge is 2.30. The van der Waals surface area contributed by atoms with Crippen LogP contribution in [0.2, 0.25) is 0 Å². The second-order valence-corrected chi connectivity index (χ2v) is 5.29. The monoisotopic (exact) mass is 241 g/mol. The van der Waals surface area contributed by atoms with Crippen LogP contribution < -0.4 is 0 Å². The molecular weight excluding hydrogens is 222 g/mol. The van der Waals surface area contributed by atoms with E-state index in [9.17, 15) is 10.1 Å². The van der Waals surface area contributed by atoms with Gasteiger partial charge in [-0.05, 0) is 43.4 Å². The number of rotatable bonds is 3. The van der Waals surface area contributed by atoms with Gasteiger partial charge >= 0.3 is 0 Å². The molecule has 1 aromatic carbocycles. The van der Waals surface area contributed by atoms with Gasteiger partial charge in [-0.2, -0.15) is 5.26 Å². The van der Waals surface area contributed by atoms with Crippen LogP contribution in [0.1, 0.15) is 48.3 Å². The molecule has 1 aliphatic rings. The predicted octanol–water partition coefficient (Wildman–Crippen LogP) is 3.67. The molecule has 2 heteroatoms. The summed E-state index contributed by atoms with van der Waals surface area (Å²) >= 11 is 0. The Bertz CT molecular complexity index is 492. The molecule has 0 saturated heterocycles. The third-order valence-electron chi connectivity index (χ3n) is 4.04. The SMILES string of the molecule is Cc1ccc(C(C#N)C(=O)C2CCCC2)cc1C. The molecule has 1 atom stereocenters. The Morgan fingerprint density at radius 2 is 1.94 bits per heavy atom. The number of nitriles is 1. The molecule has 0 aliphatic heterocycles. The van der Waals surface area contributed by atoms with Gasteiger partial charge in [-0.15, -0.1) is 0 Å². The topological polar surface area (TPSA) is 40.9 Å². The quantitative estimate of drug-likeness (QED) is 0.810. The minimum atomic E-state index is -0.576. The van der Waals surface area contributed by atoms with Crippen LogP contribution in [-0.2, 0) is 4.79 Å². The zero-order valence-electron chi connectivity index (χ0n) is 11.1. The first kappa shape index (κ1) is 12.8. The Morgan fingerprint density at radius 3 is 2.50 bits per heavy atom. The third-order valence-corrected chi connectivity index (χ3v) is 4.04. The summed E-state index contributed by atoms with van der Waals surface area (Å²) in [5.41, 5.74) is 3.20. The molecule has 1 aliphatic carbocycles. The molecule has 0 radical (unpaired) electrons. The van der Waals surface area contributed by atoms with Gasteiger partial charge in [-0.1, -0.05) is 31.0 Å². The highest BCUT2D eigenvalue weighted by molar-refractivity contribution is 5.90. The number of carbonyl (C=O) groups excluding carboxylic acids is 1. The number of aryl methyl sites for hydroxylation is 2. The molecule has 0 spiro atoms. The van der Waals surface area contributed by atoms with E-state index < -0.39 is 5.92 Å². The first-order valence-electron chi connectivity index (χ1n) is 6.64. The first-order chi connectivity index (χ1) is 8.63. The lowest BCUT2D eigenvalue weighted by Crippen LogP contribution is -2.19. The number of hydrogen-bond donors (Lipinski definition) is 0. The highest BCUT2D eigenvalue weighted by atomic mass is 16.1. The number of Topliss-reactive ketones (excluding diaryl/α,β-unsaturated/α-hetero) is 1. The van der Waals surface area contributed by atoms with Crippen LogP contribution in [0.4, 0.5) is 0 Å². The van der Waals surface area contributed by atoms with E-state index >= 15 is 0 Å². The Morgan fingerprint density at radius 1 is 1.28 bits per heavy atom. The average Bonchev–Trinajstić information content (AvgIpc) is 2.88. The van der Waals surface area contributed by atoms with Gasteiger partial charge in [0.15, 0.2) is 5.78 Å². The minimum Gasteiger partial charge on any atom is -0.298 e. The van der Waals surface area contributed by atoms with Crippen molar-refractivity contribution < 1.29 is 4.79 Å². The van der Waals surface area contributed by atoms with Gasteiger partial charge < -0.3 is 0 Å². The fraction of sp³-hybridized carbons (Fsp3) is 0.500. The summed E-state index contributed by atoms with van der Waals surface area (Å²) in [6, 6.07) is 8.09. The Labute approximate surface area is 109 Å². The van der Waals surface area contributed by atoms with Gasteiger partial charge in [0.25, 0.3) is 0 Å². The largest absolute Gasteiger partial charge is 0.298 e. The number of ketones is 1. The number of benzene rings is 1. The maximum atomic E-state index is 12.4. The predicted molar refractivity (Wildman–Crippen MR) is 71.2 cm³/mol. The second kappa shape index (κ2) is 5.35. The molecular formula is C16H19NO. The molecule has 0 bridgehead atoms. The summed E-state index contributed by atoms with van der Waals surface area (Å²) in [6.07, 6.45) is 4.17. The lowest BCUT2D eigenvalue weighted by atomic mass is 9.86. The molecule has 1 unspecified atom stereocenters. The summed E-state index contributed by atoms with van der Waals surface area (Å²) in [7, 11) is 0. The van der Waals surface area contributed by atoms with Crippen molar-refractivity contribution in [1.29, 1.82) is 5.26 Å². The molecule has 1 fully saturated rings. The van der Waals surface area contributed by atoms with Crippen LogP contribution >= 0.6 is 0 Å². The van der Waals surface area contributed by atoms with Crippen LogP contribution in [0.25, 0.3) is 0 Å². The van der Waals surface area contributed by atoms with Gasteiger partial charge in [-0.3, -0.25) is 4.79 Å². The van der Waals surface area contributed by atoms with E-state index in [0.29, 0.717) is 0 Å². The van der Waals surface area contributed by atoms with Crippen LogP contribution in [0.15, 0.2) is 18.2 Å². The molecule has 0 amide bonds. The normalized spacial score (nSPS) is 17.4. The smallest absolute Gasteiger partial charge is 0.157 e. The summed E-state index contributed by atoms with van der Waals surface area (Å²) in [6.45, 7) is 4.06. The summed E-state index contributed by atoms with van der Waals surface area (Å²) in [5.74, 6) is -0.345. The van der Waals surface area contributed by atoms with Crippen molar-refractivity contribution in [2.75, 3.05) is 0 Å². The lowest BCUT2D eigenvalue weighted by Gasteiger charge is -2.14. The van der Waals surface area contributed by atoms with Crippen LogP contribution in [-0.4, -0.2) is 5.78 Å². The van der Waals surface area contributed by atoms with Crippen molar-refractivity contribution in [3.8, 4) is 6.07 Å². The van der Waals surface area contributed by atoms with E-state index in [1.54, 1.807) is 0 Å². The fourth-order valence-electron chi connectivity index (χ4n) is 2.69. The van der Waals surface area contributed by atoms with E-state index in [0.717, 1.165) is 36.8 Å². The number of carbonyl (C=O) groups is 1. The van der Waals surface area contributed by atoms with Crippen molar-refractivity contribution >= 4 is 5.78 Å². The van der Waals surface area contributed by atoms with Gasteiger partial charge in [0.05, 0.1) is 6.07 Å². The summed E-state index contributed by atoms with van der Waals surface area (Å²) in [4.78, 5) is 12.4. The van der Waals surface area contributed by atoms with Crippen molar-refractivity contribution in [2.45, 2.75) is 45.4 Å². The van der Waals surface area contributed by atoms with E-state index in [-0.39, 0.29) is 11.7 Å². The number of nitrogens with zero attached hydrogens (tertiary/aromatic N) is 1. The maximum absolute atomic E-state index is 12.4. The van der Waals surface area contributed by atoms with Crippen molar-refractivity contribution in [2.24, 2.45) is 5.92 Å². The first-order valence-corrected chi connectivity index (χ1v) is 6.64. The standard InChI is InChI=1S/C16H19NO/c1-11-7-8-14(9-12(11)2)15(10-17)16(18)13-5-3-4-6-13/h7-9,13,15H,3-6H2,1-2H3. The van der Waals surface area contributed by atoms with Gasteiger partial charge in [0.2, 0.25) is 0 Å². The molecule has 1 saturated carbocycles. The number of hydrogen-bond acceptors (Lipinski definition) is 2. The average molecular weight is 241 g/mol. The molecule has 2 nitrogen and oxygen atoms in total. The van der Waals surface area contributed by atoms with E-state index in [1.165, 1.54) is 5.56 Å². The summed E-state index contributed by atoms with van der Waals surface area (Å²) < 4.78 is 0. The van der Waals surface area contributed by atoms with E-state index in [4.69, 9.17) is 0 Å². The molecule has 94 valence electrons. The molecule has 0 heterocycles. The van der Waals surface area contributed by atoms with Gasteiger partial charge in [-0.25, -0.2) is 0 Å². The van der Waals surface area contributed by atoms with Gasteiger partial charge in [0.1, 0.15) is 5.92 Å². The Hall–Kier alpha value is -1.62. The molecule has 1 aromatic rings. The maximum Gasteiger partial charge on any atom is 0.157 e. The fourth-order valence-corrected chi connectivity index (χ4v) is 2.69. The highest BCUT2D eigenvalue weighted by Crippen LogP contribution is 2.31. The third kappa shape index (κ3) is 2.46. The summed E-state index contributed by atoms with van der Waals surface area (Å²) in [5, 5.41) is 9.30. The van der Waals surface area contributed by atoms with E-state index in [2.05, 4.69) is 6.07 Å².